The molecule has 106 valence electrons. The molecule has 4 heteroatoms. The highest BCUT2D eigenvalue weighted by Gasteiger charge is 2.30. The van der Waals surface area contributed by atoms with E-state index in [9.17, 15) is 8.78 Å². The van der Waals surface area contributed by atoms with Crippen LogP contribution in [0.1, 0.15) is 44.2 Å². The highest BCUT2D eigenvalue weighted by Crippen LogP contribution is 2.31. The molecule has 1 saturated heterocycles. The van der Waals surface area contributed by atoms with Gasteiger partial charge in [0.05, 0.1) is 6.04 Å². The summed E-state index contributed by atoms with van der Waals surface area (Å²) in [6, 6.07) is 3.59. The van der Waals surface area contributed by atoms with Gasteiger partial charge in [-0.2, -0.15) is 0 Å². The highest BCUT2D eigenvalue weighted by atomic mass is 19.1. The van der Waals surface area contributed by atoms with E-state index in [-0.39, 0.29) is 12.1 Å². The van der Waals surface area contributed by atoms with Gasteiger partial charge in [-0.15, -0.1) is 0 Å². The molecule has 0 aromatic heterocycles. The van der Waals surface area contributed by atoms with Crippen molar-refractivity contribution in [3.63, 3.8) is 0 Å². The van der Waals surface area contributed by atoms with Gasteiger partial charge in [0.2, 0.25) is 0 Å². The number of hydrogen-bond acceptors (Lipinski definition) is 2. The number of nitrogens with zero attached hydrogens (tertiary/aromatic N) is 1. The maximum Gasteiger partial charge on any atom is 0.130 e. The first-order valence-corrected chi connectivity index (χ1v) is 7.08. The van der Waals surface area contributed by atoms with Gasteiger partial charge in [-0.25, -0.2) is 8.78 Å². The predicted octanol–water partition coefficient (Wildman–Crippen LogP) is 3.23. The van der Waals surface area contributed by atoms with E-state index in [0.29, 0.717) is 5.56 Å². The third-order valence-electron chi connectivity index (χ3n) is 3.82. The molecule has 0 aliphatic carbocycles. The van der Waals surface area contributed by atoms with Crippen LogP contribution in [-0.4, -0.2) is 24.0 Å². The van der Waals surface area contributed by atoms with Crippen LogP contribution >= 0.6 is 0 Å². The lowest BCUT2D eigenvalue weighted by atomic mass is 9.95. The van der Waals surface area contributed by atoms with E-state index in [1.54, 1.807) is 6.07 Å². The molecule has 0 bridgehead atoms. The summed E-state index contributed by atoms with van der Waals surface area (Å²) in [5.41, 5.74) is 6.77. The maximum absolute atomic E-state index is 14.0. The largest absolute Gasteiger partial charge is 0.326 e. The van der Waals surface area contributed by atoms with Crippen LogP contribution in [0.15, 0.2) is 18.2 Å². The zero-order valence-corrected chi connectivity index (χ0v) is 11.4. The first-order chi connectivity index (χ1) is 9.13. The molecule has 2 rings (SSSR count). The number of halogens is 2. The number of likely N-dealkylation sites (tertiary alicyclic amines) is 1. The van der Waals surface area contributed by atoms with E-state index < -0.39 is 11.6 Å². The molecular weight excluding hydrogens is 246 g/mol. The Hall–Kier alpha value is -1.00. The summed E-state index contributed by atoms with van der Waals surface area (Å²) >= 11 is 0. The highest BCUT2D eigenvalue weighted by molar-refractivity contribution is 5.24. The summed E-state index contributed by atoms with van der Waals surface area (Å²) < 4.78 is 27.1. The van der Waals surface area contributed by atoms with E-state index in [1.807, 2.05) is 0 Å². The summed E-state index contributed by atoms with van der Waals surface area (Å²) in [4.78, 5) is 2.24. The fourth-order valence-electron chi connectivity index (χ4n) is 2.97. The third kappa shape index (κ3) is 3.31. The van der Waals surface area contributed by atoms with Crippen LogP contribution in [0.25, 0.3) is 0 Å². The van der Waals surface area contributed by atoms with Crippen molar-refractivity contribution in [2.75, 3.05) is 13.1 Å². The van der Waals surface area contributed by atoms with E-state index in [2.05, 4.69) is 11.8 Å². The molecule has 2 unspecified atom stereocenters. The summed E-state index contributed by atoms with van der Waals surface area (Å²) in [7, 11) is 0. The smallest absolute Gasteiger partial charge is 0.130 e. The molecule has 1 aliphatic heterocycles. The second-order valence-corrected chi connectivity index (χ2v) is 5.31. The molecule has 0 radical (unpaired) electrons. The quantitative estimate of drug-likeness (QED) is 0.912. The Morgan fingerprint density at radius 3 is 2.79 bits per heavy atom. The number of benzene rings is 1. The monoisotopic (exact) mass is 268 g/mol. The van der Waals surface area contributed by atoms with E-state index in [0.717, 1.165) is 44.8 Å². The van der Waals surface area contributed by atoms with Gasteiger partial charge in [-0.1, -0.05) is 19.4 Å². The SMILES string of the molecule is CCCN1CCCCC(N)C1c1ccc(F)cc1F. The lowest BCUT2D eigenvalue weighted by Crippen LogP contribution is -2.40. The topological polar surface area (TPSA) is 29.3 Å². The Morgan fingerprint density at radius 1 is 1.32 bits per heavy atom. The van der Waals surface area contributed by atoms with Crippen molar-refractivity contribution in [1.82, 2.24) is 4.90 Å². The molecule has 2 atom stereocenters. The number of nitrogens with two attached hydrogens (primary N) is 1. The van der Waals surface area contributed by atoms with Crippen LogP contribution in [0.3, 0.4) is 0 Å². The van der Waals surface area contributed by atoms with Crippen molar-refractivity contribution < 1.29 is 8.78 Å². The van der Waals surface area contributed by atoms with Gasteiger partial charge in [0.25, 0.3) is 0 Å². The third-order valence-corrected chi connectivity index (χ3v) is 3.82. The lowest BCUT2D eigenvalue weighted by molar-refractivity contribution is 0.181. The minimum atomic E-state index is -0.537. The summed E-state index contributed by atoms with van der Waals surface area (Å²) in [5.74, 6) is -1.02. The molecule has 0 spiro atoms. The van der Waals surface area contributed by atoms with Crippen molar-refractivity contribution in [3.05, 3.63) is 35.4 Å². The van der Waals surface area contributed by atoms with Crippen LogP contribution in [0.4, 0.5) is 8.78 Å². The molecule has 19 heavy (non-hydrogen) atoms. The van der Waals surface area contributed by atoms with Gasteiger partial charge >= 0.3 is 0 Å². The molecule has 0 saturated carbocycles. The number of hydrogen-bond donors (Lipinski definition) is 1. The van der Waals surface area contributed by atoms with Crippen molar-refractivity contribution in [1.29, 1.82) is 0 Å². The van der Waals surface area contributed by atoms with Crippen molar-refractivity contribution in [3.8, 4) is 0 Å². The molecule has 2 nitrogen and oxygen atoms in total. The Bertz CT molecular complexity index is 423. The average molecular weight is 268 g/mol. The van der Waals surface area contributed by atoms with Gasteiger partial charge in [0.15, 0.2) is 0 Å². The maximum atomic E-state index is 14.0. The minimum Gasteiger partial charge on any atom is -0.326 e. The van der Waals surface area contributed by atoms with Crippen LogP contribution < -0.4 is 5.73 Å². The molecule has 1 aromatic carbocycles. The van der Waals surface area contributed by atoms with Crippen LogP contribution in [0.2, 0.25) is 0 Å². The van der Waals surface area contributed by atoms with E-state index >= 15 is 0 Å². The number of rotatable bonds is 3. The fraction of sp³-hybridized carbons (Fsp3) is 0.600. The minimum absolute atomic E-state index is 0.0889. The molecule has 2 N–H and O–H groups in total. The predicted molar refractivity (Wildman–Crippen MR) is 72.8 cm³/mol. The molecule has 0 amide bonds. The van der Waals surface area contributed by atoms with Crippen molar-refractivity contribution in [2.24, 2.45) is 5.73 Å². The van der Waals surface area contributed by atoms with Crippen molar-refractivity contribution in [2.45, 2.75) is 44.7 Å². The normalized spacial score (nSPS) is 25.3. The lowest BCUT2D eigenvalue weighted by Gasteiger charge is -2.33. The summed E-state index contributed by atoms with van der Waals surface area (Å²) in [5, 5.41) is 0. The van der Waals surface area contributed by atoms with Crippen LogP contribution in [-0.2, 0) is 0 Å². The second kappa shape index (κ2) is 6.44. The van der Waals surface area contributed by atoms with E-state index in [4.69, 9.17) is 5.73 Å². The zero-order chi connectivity index (χ0) is 13.8. The van der Waals surface area contributed by atoms with Gasteiger partial charge in [-0.3, -0.25) is 4.90 Å². The Labute approximate surface area is 113 Å². The summed E-state index contributed by atoms with van der Waals surface area (Å²) in [6.45, 7) is 3.94. The molecule has 1 aromatic rings. The summed E-state index contributed by atoms with van der Waals surface area (Å²) in [6.07, 6.45) is 4.06. The fourth-order valence-corrected chi connectivity index (χ4v) is 2.97. The second-order valence-electron chi connectivity index (χ2n) is 5.31. The molecule has 1 aliphatic rings. The van der Waals surface area contributed by atoms with Gasteiger partial charge in [0.1, 0.15) is 11.6 Å². The Morgan fingerprint density at radius 2 is 2.11 bits per heavy atom. The molecule has 1 fully saturated rings. The van der Waals surface area contributed by atoms with Gasteiger partial charge in [-0.05, 0) is 38.4 Å². The first-order valence-electron chi connectivity index (χ1n) is 7.08. The standard InChI is InChI=1S/C15H22F2N2/c1-2-8-19-9-4-3-5-14(18)15(19)12-7-6-11(16)10-13(12)17/h6-7,10,14-15H,2-5,8-9,18H2,1H3. The Kier molecular flexibility index (Phi) is 4.88. The van der Waals surface area contributed by atoms with Crippen LogP contribution in [0.5, 0.6) is 0 Å². The zero-order valence-electron chi connectivity index (χ0n) is 11.4. The van der Waals surface area contributed by atoms with Crippen LogP contribution in [0, 0.1) is 11.6 Å². The molecular formula is C15H22F2N2. The molecule has 1 heterocycles. The van der Waals surface area contributed by atoms with Crippen molar-refractivity contribution >= 4 is 0 Å². The van der Waals surface area contributed by atoms with Gasteiger partial charge in [0, 0.05) is 17.7 Å². The first kappa shape index (κ1) is 14.4. The van der Waals surface area contributed by atoms with Gasteiger partial charge < -0.3 is 5.73 Å². The average Bonchev–Trinajstić information content (AvgIpc) is 2.53. The van der Waals surface area contributed by atoms with E-state index in [1.165, 1.54) is 6.07 Å². The Balaban J connectivity index is 2.34.